The fourth-order valence-corrected chi connectivity index (χ4v) is 6.29. The lowest BCUT2D eigenvalue weighted by Crippen LogP contribution is -2.49. The Morgan fingerprint density at radius 3 is 2.14 bits per heavy atom. The first-order chi connectivity index (χ1) is 23.7. The lowest BCUT2D eigenvalue weighted by atomic mass is 9.82. The first kappa shape index (κ1) is 36.0. The van der Waals surface area contributed by atoms with E-state index in [-0.39, 0.29) is 53.4 Å². The highest BCUT2D eigenvalue weighted by Crippen LogP contribution is 2.42. The summed E-state index contributed by atoms with van der Waals surface area (Å²) in [6.07, 6.45) is -1.30. The highest BCUT2D eigenvalue weighted by Gasteiger charge is 2.44. The molecule has 3 atom stereocenters. The van der Waals surface area contributed by atoms with Gasteiger partial charge < -0.3 is 14.1 Å². The van der Waals surface area contributed by atoms with E-state index >= 15 is 4.39 Å². The van der Waals surface area contributed by atoms with Gasteiger partial charge in [-0.1, -0.05) is 63.2 Å². The fourth-order valence-electron chi connectivity index (χ4n) is 6.29. The van der Waals surface area contributed by atoms with Crippen LogP contribution in [0.3, 0.4) is 0 Å². The third-order valence-corrected chi connectivity index (χ3v) is 8.53. The quantitative estimate of drug-likeness (QED) is 0.115. The number of imide groups is 1. The first-order valence-corrected chi connectivity index (χ1v) is 16.2. The monoisotopic (exact) mass is 689 g/mol. The molecule has 9 nitrogen and oxygen atoms in total. The zero-order chi connectivity index (χ0) is 36.3. The average Bonchev–Trinajstić information content (AvgIpc) is 3.58. The van der Waals surface area contributed by atoms with Crippen LogP contribution in [0.2, 0.25) is 0 Å². The van der Waals surface area contributed by atoms with Gasteiger partial charge in [-0.15, -0.1) is 0 Å². The van der Waals surface area contributed by atoms with Crippen molar-refractivity contribution in [2.45, 2.75) is 65.6 Å². The summed E-state index contributed by atoms with van der Waals surface area (Å²) in [6.45, 7) is 6.74. The number of amides is 3. The summed E-state index contributed by atoms with van der Waals surface area (Å²) in [5.74, 6) is -4.10. The Morgan fingerprint density at radius 1 is 0.940 bits per heavy atom. The summed E-state index contributed by atoms with van der Waals surface area (Å²) < 4.78 is 55.6. The van der Waals surface area contributed by atoms with E-state index in [1.54, 1.807) is 12.1 Å². The molecule has 12 heteroatoms. The van der Waals surface area contributed by atoms with Crippen LogP contribution in [0.25, 0.3) is 11.5 Å². The molecule has 3 aromatic carbocycles. The van der Waals surface area contributed by atoms with Crippen LogP contribution in [-0.4, -0.2) is 63.8 Å². The molecule has 3 amide bonds. The number of oxazole rings is 1. The summed E-state index contributed by atoms with van der Waals surface area (Å²) in [5.41, 5.74) is 0.272. The number of hydrogen-bond acceptors (Lipinski definition) is 7. The lowest BCUT2D eigenvalue weighted by Gasteiger charge is -2.41. The number of carbonyl (C=O) groups is 4. The van der Waals surface area contributed by atoms with Gasteiger partial charge in [-0.2, -0.15) is 0 Å². The van der Waals surface area contributed by atoms with Gasteiger partial charge in [-0.05, 0) is 54.7 Å². The zero-order valence-corrected chi connectivity index (χ0v) is 28.4. The Balaban J connectivity index is 1.61. The molecule has 0 saturated carbocycles. The van der Waals surface area contributed by atoms with Crippen LogP contribution in [0.5, 0.6) is 0 Å². The van der Waals surface area contributed by atoms with Gasteiger partial charge in [0.1, 0.15) is 29.8 Å². The average molecular weight is 690 g/mol. The number of nitrogens with zero attached hydrogens (tertiary/aromatic N) is 3. The van der Waals surface area contributed by atoms with Gasteiger partial charge in [0.05, 0.1) is 28.8 Å². The SMILES string of the molecule is CC(=O)O[C@@H](C)C(=O)N(CC[C@@H](CF)N1C(=O)c2ccccc2C1=O)[C@H](c1nc(-c2cc(F)ccc2F)oc1Cc1ccccc1)C(C)(C)C. The molecule has 0 radical (unpaired) electrons. The molecule has 262 valence electrons. The van der Waals surface area contributed by atoms with Crippen LogP contribution < -0.4 is 0 Å². The minimum atomic E-state index is -1.29. The van der Waals surface area contributed by atoms with Crippen LogP contribution in [0.4, 0.5) is 13.2 Å². The smallest absolute Gasteiger partial charge is 0.303 e. The molecule has 1 aromatic heterocycles. The number of benzene rings is 3. The van der Waals surface area contributed by atoms with E-state index in [1.165, 1.54) is 24.0 Å². The van der Waals surface area contributed by atoms with E-state index in [2.05, 4.69) is 4.98 Å². The number of rotatable bonds is 12. The molecule has 0 fully saturated rings. The number of esters is 1. The molecule has 1 aliphatic rings. The van der Waals surface area contributed by atoms with Crippen LogP contribution in [0, 0.1) is 17.0 Å². The van der Waals surface area contributed by atoms with Gasteiger partial charge >= 0.3 is 5.97 Å². The predicted octanol–water partition coefficient (Wildman–Crippen LogP) is 7.10. The highest BCUT2D eigenvalue weighted by molar-refractivity contribution is 6.21. The second kappa shape index (κ2) is 14.7. The second-order valence-electron chi connectivity index (χ2n) is 13.3. The Labute approximate surface area is 288 Å². The van der Waals surface area contributed by atoms with Crippen LogP contribution in [0.1, 0.15) is 84.8 Å². The Bertz CT molecular complexity index is 1870. The fraction of sp³-hybridized carbons (Fsp3) is 0.342. The summed E-state index contributed by atoms with van der Waals surface area (Å²) >= 11 is 0. The van der Waals surface area contributed by atoms with Gasteiger partial charge in [0, 0.05) is 19.9 Å². The van der Waals surface area contributed by atoms with Gasteiger partial charge in [0.2, 0.25) is 5.89 Å². The molecule has 0 bridgehead atoms. The molecule has 1 aliphatic heterocycles. The number of aromatic nitrogens is 1. The Morgan fingerprint density at radius 2 is 1.56 bits per heavy atom. The molecule has 2 heterocycles. The van der Waals surface area contributed by atoms with Crippen molar-refractivity contribution in [3.63, 3.8) is 0 Å². The first-order valence-electron chi connectivity index (χ1n) is 16.2. The molecule has 4 aromatic rings. The molecule has 0 saturated heterocycles. The van der Waals surface area contributed by atoms with E-state index in [9.17, 15) is 28.0 Å². The zero-order valence-electron chi connectivity index (χ0n) is 28.4. The van der Waals surface area contributed by atoms with Gasteiger partial charge in [-0.25, -0.2) is 18.2 Å². The summed E-state index contributed by atoms with van der Waals surface area (Å²) in [5, 5.41) is 0. The molecule has 0 unspecified atom stereocenters. The third kappa shape index (κ3) is 7.49. The van der Waals surface area contributed by atoms with E-state index in [0.29, 0.717) is 0 Å². The minimum absolute atomic E-state index is 0.158. The van der Waals surface area contributed by atoms with Crippen molar-refractivity contribution in [1.29, 1.82) is 0 Å². The van der Waals surface area contributed by atoms with Gasteiger partial charge in [-0.3, -0.25) is 24.1 Å². The maximum absolute atomic E-state index is 15.1. The van der Waals surface area contributed by atoms with Crippen molar-refractivity contribution < 1.29 is 41.5 Å². The van der Waals surface area contributed by atoms with Crippen molar-refractivity contribution >= 4 is 23.7 Å². The van der Waals surface area contributed by atoms with Crippen molar-refractivity contribution in [1.82, 2.24) is 14.8 Å². The van der Waals surface area contributed by atoms with Crippen LogP contribution in [-0.2, 0) is 20.7 Å². The summed E-state index contributed by atoms with van der Waals surface area (Å²) in [4.78, 5) is 59.6. The number of alkyl halides is 1. The van der Waals surface area contributed by atoms with Crippen LogP contribution >= 0.6 is 0 Å². The molecule has 5 rings (SSSR count). The van der Waals surface area contributed by atoms with Crippen molar-refractivity contribution in [2.24, 2.45) is 5.41 Å². The molecule has 50 heavy (non-hydrogen) atoms. The van der Waals surface area contributed by atoms with Crippen molar-refractivity contribution in [3.05, 3.63) is 113 Å². The molecular weight excluding hydrogens is 651 g/mol. The maximum Gasteiger partial charge on any atom is 0.303 e. The topological polar surface area (TPSA) is 110 Å². The third-order valence-electron chi connectivity index (χ3n) is 8.53. The van der Waals surface area contributed by atoms with Crippen molar-refractivity contribution in [3.8, 4) is 11.5 Å². The molecule has 0 spiro atoms. The molecule has 0 N–H and O–H groups in total. The molecule has 0 aliphatic carbocycles. The standard InChI is InChI=1S/C38H38F3N3O6/c1-22(49-23(2)45)35(46)43(18-17-26(21-39)44-36(47)27-13-9-10-14-28(27)37(44)48)33(38(3,4)5)32-31(19-24-11-7-6-8-12-24)50-34(42-32)29-20-25(40)15-16-30(29)41/h6-16,20,22,26,33H,17-19,21H2,1-5H3/t22-,26-,33+/m0/s1. The van der Waals surface area contributed by atoms with E-state index in [1.807, 2.05) is 51.1 Å². The number of ether oxygens (including phenoxy) is 1. The summed E-state index contributed by atoms with van der Waals surface area (Å²) in [6, 6.07) is 16.1. The molecular formula is C38H38F3N3O6. The lowest BCUT2D eigenvalue weighted by molar-refractivity contribution is -0.160. The number of hydrogen-bond donors (Lipinski definition) is 0. The normalized spacial score (nSPS) is 14.7. The number of fused-ring (bicyclic) bond motifs is 1. The van der Waals surface area contributed by atoms with E-state index in [0.717, 1.165) is 35.6 Å². The minimum Gasteiger partial charge on any atom is -0.453 e. The highest BCUT2D eigenvalue weighted by atomic mass is 19.1. The number of carbonyl (C=O) groups excluding carboxylic acids is 4. The van der Waals surface area contributed by atoms with E-state index in [4.69, 9.17) is 9.15 Å². The van der Waals surface area contributed by atoms with Crippen LogP contribution in [0.15, 0.2) is 77.2 Å². The van der Waals surface area contributed by atoms with Crippen molar-refractivity contribution in [2.75, 3.05) is 13.2 Å². The predicted molar refractivity (Wildman–Crippen MR) is 178 cm³/mol. The maximum atomic E-state index is 15.1. The number of halogens is 3. The van der Waals surface area contributed by atoms with E-state index < -0.39 is 65.6 Å². The van der Waals surface area contributed by atoms with Gasteiger partial charge in [0.15, 0.2) is 6.10 Å². The van der Waals surface area contributed by atoms with Gasteiger partial charge in [0.25, 0.3) is 17.7 Å². The summed E-state index contributed by atoms with van der Waals surface area (Å²) in [7, 11) is 0. The Kier molecular flexibility index (Phi) is 10.6. The second-order valence-corrected chi connectivity index (χ2v) is 13.3. The Hall–Kier alpha value is -5.26. The largest absolute Gasteiger partial charge is 0.453 e.